The number of hydrogen-bond donors (Lipinski definition) is 1. The molecule has 0 bridgehead atoms. The van der Waals surface area contributed by atoms with Gasteiger partial charge in [0.05, 0.1) is 11.9 Å². The first-order chi connectivity index (χ1) is 13.7. The second kappa shape index (κ2) is 7.59. The summed E-state index contributed by atoms with van der Waals surface area (Å²) >= 11 is 1.88. The highest BCUT2D eigenvalue weighted by Gasteiger charge is 2.29. The number of rotatable bonds is 4. The fourth-order valence-electron chi connectivity index (χ4n) is 5.01. The summed E-state index contributed by atoms with van der Waals surface area (Å²) in [4.78, 5) is 29.2. The van der Waals surface area contributed by atoms with E-state index in [2.05, 4.69) is 9.80 Å². The fourth-order valence-corrected chi connectivity index (χ4v) is 6.29. The Balaban J connectivity index is 1.49. The Morgan fingerprint density at radius 1 is 1.04 bits per heavy atom. The zero-order valence-electron chi connectivity index (χ0n) is 16.5. The summed E-state index contributed by atoms with van der Waals surface area (Å²) in [5.74, 6) is 1.92. The largest absolute Gasteiger partial charge is 0.369 e. The zero-order valence-corrected chi connectivity index (χ0v) is 17.3. The Morgan fingerprint density at radius 3 is 2.57 bits per heavy atom. The van der Waals surface area contributed by atoms with Crippen molar-refractivity contribution >= 4 is 33.3 Å². The van der Waals surface area contributed by atoms with Crippen molar-refractivity contribution in [2.45, 2.75) is 57.9 Å². The molecule has 0 unspecified atom stereocenters. The van der Waals surface area contributed by atoms with Crippen molar-refractivity contribution in [3.63, 3.8) is 0 Å². The Morgan fingerprint density at radius 2 is 1.82 bits per heavy atom. The second-order valence-electron chi connectivity index (χ2n) is 8.50. The van der Waals surface area contributed by atoms with Gasteiger partial charge in [-0.3, -0.25) is 9.69 Å². The molecular formula is C21H29N5OS. The van der Waals surface area contributed by atoms with Crippen LogP contribution >= 0.6 is 11.3 Å². The summed E-state index contributed by atoms with van der Waals surface area (Å²) in [5.41, 5.74) is 7.02. The first-order valence-electron chi connectivity index (χ1n) is 10.8. The monoisotopic (exact) mass is 399 g/mol. The number of amides is 1. The molecule has 0 aromatic carbocycles. The number of thiophene rings is 1. The molecular weight excluding hydrogens is 370 g/mol. The molecule has 6 nitrogen and oxygen atoms in total. The van der Waals surface area contributed by atoms with Crippen molar-refractivity contribution in [3.8, 4) is 0 Å². The molecule has 5 rings (SSSR count). The molecule has 2 aromatic rings. The molecule has 0 spiro atoms. The standard InChI is InChI=1S/C21H29N5OS/c22-19(27)14-7-11-26(12-8-14)20-18-15-5-4-6-16(15)28-21(18)24-17(23-20)13-25-9-2-1-3-10-25/h14H,1-13H2,(H2,22,27). The van der Waals surface area contributed by atoms with Crippen LogP contribution in [0.2, 0.25) is 0 Å². The van der Waals surface area contributed by atoms with Gasteiger partial charge in [-0.1, -0.05) is 6.42 Å². The van der Waals surface area contributed by atoms with Gasteiger partial charge in [-0.05, 0) is 63.6 Å². The number of nitrogens with zero attached hydrogens (tertiary/aromatic N) is 4. The van der Waals surface area contributed by atoms with Crippen LogP contribution in [-0.4, -0.2) is 47.0 Å². The Labute approximate surface area is 170 Å². The Kier molecular flexibility index (Phi) is 4.97. The number of anilines is 1. The molecule has 2 aliphatic heterocycles. The summed E-state index contributed by atoms with van der Waals surface area (Å²) in [5, 5.41) is 1.29. The van der Waals surface area contributed by atoms with Crippen LogP contribution in [0, 0.1) is 5.92 Å². The quantitative estimate of drug-likeness (QED) is 0.856. The molecule has 4 heterocycles. The fraction of sp³-hybridized carbons (Fsp3) is 0.667. The van der Waals surface area contributed by atoms with E-state index in [9.17, 15) is 4.79 Å². The lowest BCUT2D eigenvalue weighted by Gasteiger charge is -2.32. The number of likely N-dealkylation sites (tertiary alicyclic amines) is 1. The molecule has 1 aliphatic carbocycles. The van der Waals surface area contributed by atoms with Crippen molar-refractivity contribution in [1.82, 2.24) is 14.9 Å². The van der Waals surface area contributed by atoms with E-state index < -0.39 is 0 Å². The highest BCUT2D eigenvalue weighted by atomic mass is 32.1. The maximum atomic E-state index is 11.6. The van der Waals surface area contributed by atoms with Crippen LogP contribution in [0.4, 0.5) is 5.82 Å². The molecule has 0 atom stereocenters. The van der Waals surface area contributed by atoms with E-state index >= 15 is 0 Å². The Hall–Kier alpha value is -1.73. The first-order valence-corrected chi connectivity index (χ1v) is 11.6. The number of primary amides is 1. The number of carbonyl (C=O) groups excluding carboxylic acids is 1. The van der Waals surface area contributed by atoms with Gasteiger partial charge in [0, 0.05) is 23.9 Å². The number of piperidine rings is 2. The van der Waals surface area contributed by atoms with Crippen LogP contribution < -0.4 is 10.6 Å². The normalized spacial score (nSPS) is 21.4. The highest BCUT2D eigenvalue weighted by molar-refractivity contribution is 7.19. The highest BCUT2D eigenvalue weighted by Crippen LogP contribution is 2.41. The number of carbonyl (C=O) groups is 1. The zero-order chi connectivity index (χ0) is 19.1. The van der Waals surface area contributed by atoms with Crippen molar-refractivity contribution in [3.05, 3.63) is 16.3 Å². The summed E-state index contributed by atoms with van der Waals surface area (Å²) in [6, 6.07) is 0. The van der Waals surface area contributed by atoms with E-state index in [1.54, 1.807) is 0 Å². The number of fused-ring (bicyclic) bond motifs is 3. The van der Waals surface area contributed by atoms with Crippen LogP contribution in [-0.2, 0) is 24.2 Å². The molecule has 2 N–H and O–H groups in total. The maximum absolute atomic E-state index is 11.6. The molecule has 2 fully saturated rings. The first kappa shape index (κ1) is 18.3. The number of hydrogen-bond acceptors (Lipinski definition) is 6. The maximum Gasteiger partial charge on any atom is 0.220 e. The van der Waals surface area contributed by atoms with Crippen molar-refractivity contribution in [2.75, 3.05) is 31.1 Å². The lowest BCUT2D eigenvalue weighted by Crippen LogP contribution is -2.39. The summed E-state index contributed by atoms with van der Waals surface area (Å²) < 4.78 is 0. The third kappa shape index (κ3) is 3.39. The summed E-state index contributed by atoms with van der Waals surface area (Å²) in [7, 11) is 0. The summed E-state index contributed by atoms with van der Waals surface area (Å²) in [6.07, 6.45) is 9.13. The van der Waals surface area contributed by atoms with Gasteiger partial charge < -0.3 is 10.6 Å². The minimum Gasteiger partial charge on any atom is -0.369 e. The van der Waals surface area contributed by atoms with E-state index in [1.165, 1.54) is 52.8 Å². The predicted molar refractivity (Wildman–Crippen MR) is 113 cm³/mol. The van der Waals surface area contributed by atoms with E-state index in [0.29, 0.717) is 0 Å². The molecule has 3 aliphatic rings. The van der Waals surface area contributed by atoms with E-state index in [1.807, 2.05) is 11.3 Å². The third-order valence-electron chi connectivity index (χ3n) is 6.60. The van der Waals surface area contributed by atoms with Gasteiger partial charge >= 0.3 is 0 Å². The minimum atomic E-state index is -0.158. The molecule has 0 radical (unpaired) electrons. The molecule has 0 saturated carbocycles. The van der Waals surface area contributed by atoms with E-state index in [4.69, 9.17) is 15.7 Å². The van der Waals surface area contributed by atoms with Gasteiger partial charge in [0.15, 0.2) is 0 Å². The van der Waals surface area contributed by atoms with Gasteiger partial charge in [0.2, 0.25) is 5.91 Å². The van der Waals surface area contributed by atoms with Crippen LogP contribution in [0.1, 0.15) is 54.8 Å². The topological polar surface area (TPSA) is 75.4 Å². The number of nitrogens with two attached hydrogens (primary N) is 1. The number of aromatic nitrogens is 2. The Bertz CT molecular complexity index is 881. The average Bonchev–Trinajstić information content (AvgIpc) is 3.29. The van der Waals surface area contributed by atoms with Gasteiger partial charge in [0.25, 0.3) is 0 Å². The SMILES string of the molecule is NC(=O)C1CCN(c2nc(CN3CCCCC3)nc3sc4c(c23)CCC4)CC1. The summed E-state index contributed by atoms with van der Waals surface area (Å²) in [6.45, 7) is 4.87. The molecule has 150 valence electrons. The predicted octanol–water partition coefficient (Wildman–Crippen LogP) is 2.87. The van der Waals surface area contributed by atoms with E-state index in [-0.39, 0.29) is 11.8 Å². The molecule has 2 aromatic heterocycles. The third-order valence-corrected chi connectivity index (χ3v) is 7.79. The lowest BCUT2D eigenvalue weighted by molar-refractivity contribution is -0.122. The van der Waals surface area contributed by atoms with Crippen molar-refractivity contribution in [1.29, 1.82) is 0 Å². The average molecular weight is 400 g/mol. The van der Waals surface area contributed by atoms with Gasteiger partial charge in [-0.15, -0.1) is 11.3 Å². The number of aryl methyl sites for hydroxylation is 2. The minimum absolute atomic E-state index is 0.00888. The van der Waals surface area contributed by atoms with Gasteiger partial charge in [-0.25, -0.2) is 9.97 Å². The molecule has 1 amide bonds. The molecule has 28 heavy (non-hydrogen) atoms. The van der Waals surface area contributed by atoms with Gasteiger partial charge in [-0.2, -0.15) is 0 Å². The van der Waals surface area contributed by atoms with Crippen LogP contribution in [0.5, 0.6) is 0 Å². The van der Waals surface area contributed by atoms with Crippen molar-refractivity contribution in [2.24, 2.45) is 11.7 Å². The van der Waals surface area contributed by atoms with Crippen LogP contribution in [0.3, 0.4) is 0 Å². The second-order valence-corrected chi connectivity index (χ2v) is 9.59. The smallest absolute Gasteiger partial charge is 0.220 e. The van der Waals surface area contributed by atoms with Crippen molar-refractivity contribution < 1.29 is 4.79 Å². The lowest BCUT2D eigenvalue weighted by atomic mass is 9.96. The van der Waals surface area contributed by atoms with Crippen LogP contribution in [0.25, 0.3) is 10.2 Å². The van der Waals surface area contributed by atoms with Crippen LogP contribution in [0.15, 0.2) is 0 Å². The van der Waals surface area contributed by atoms with Gasteiger partial charge in [0.1, 0.15) is 16.5 Å². The molecule has 7 heteroatoms. The van der Waals surface area contributed by atoms with E-state index in [0.717, 1.165) is 63.6 Å². The molecule has 2 saturated heterocycles.